The summed E-state index contributed by atoms with van der Waals surface area (Å²) in [6.07, 6.45) is 5.28. The van der Waals surface area contributed by atoms with Gasteiger partial charge in [-0.2, -0.15) is 0 Å². The van der Waals surface area contributed by atoms with Gasteiger partial charge in [-0.25, -0.2) is 4.98 Å². The first kappa shape index (κ1) is 11.8. The van der Waals surface area contributed by atoms with Gasteiger partial charge in [-0.1, -0.05) is 6.42 Å². The Morgan fingerprint density at radius 1 is 1.16 bits per heavy atom. The standard InChI is InChI=1S/C15H19N3S/c19-12-4-5-14-13(10-12)16-15-6-7-17(8-9-18(14)15)11-2-1-3-11/h4-5,10-11,19H,1-3,6-9H2. The van der Waals surface area contributed by atoms with Crippen LogP contribution in [-0.2, 0) is 13.0 Å². The molecule has 0 spiro atoms. The van der Waals surface area contributed by atoms with Crippen molar-refractivity contribution in [2.75, 3.05) is 13.1 Å². The van der Waals surface area contributed by atoms with Crippen molar-refractivity contribution in [2.45, 2.75) is 43.2 Å². The SMILES string of the molecule is Sc1ccc2c(c1)nc1n2CCN(C2CCC2)CC1. The fourth-order valence-corrected chi connectivity index (χ4v) is 3.51. The highest BCUT2D eigenvalue weighted by Crippen LogP contribution is 2.27. The Labute approximate surface area is 119 Å². The minimum absolute atomic E-state index is 0.847. The monoisotopic (exact) mass is 273 g/mol. The molecule has 2 heterocycles. The summed E-state index contributed by atoms with van der Waals surface area (Å²) in [5.74, 6) is 1.25. The summed E-state index contributed by atoms with van der Waals surface area (Å²) in [6, 6.07) is 7.14. The van der Waals surface area contributed by atoms with E-state index in [0.717, 1.165) is 29.4 Å². The maximum Gasteiger partial charge on any atom is 0.111 e. The highest BCUT2D eigenvalue weighted by molar-refractivity contribution is 7.80. The highest BCUT2D eigenvalue weighted by atomic mass is 32.1. The molecule has 4 rings (SSSR count). The summed E-state index contributed by atoms with van der Waals surface area (Å²) >= 11 is 4.40. The van der Waals surface area contributed by atoms with Crippen LogP contribution in [0, 0.1) is 0 Å². The molecule has 1 aromatic carbocycles. The van der Waals surface area contributed by atoms with E-state index < -0.39 is 0 Å². The van der Waals surface area contributed by atoms with Gasteiger partial charge in [-0.3, -0.25) is 4.90 Å². The summed E-state index contributed by atoms with van der Waals surface area (Å²) in [6.45, 7) is 3.42. The quantitative estimate of drug-likeness (QED) is 0.807. The van der Waals surface area contributed by atoms with Crippen molar-refractivity contribution >= 4 is 23.7 Å². The van der Waals surface area contributed by atoms with E-state index in [0.29, 0.717) is 0 Å². The van der Waals surface area contributed by atoms with E-state index in [1.165, 1.54) is 43.7 Å². The summed E-state index contributed by atoms with van der Waals surface area (Å²) in [5.41, 5.74) is 2.36. The Morgan fingerprint density at radius 3 is 2.84 bits per heavy atom. The summed E-state index contributed by atoms with van der Waals surface area (Å²) in [7, 11) is 0. The third-order valence-corrected chi connectivity index (χ3v) is 4.91. The number of nitrogens with zero attached hydrogens (tertiary/aromatic N) is 3. The number of imidazole rings is 1. The first-order valence-electron chi connectivity index (χ1n) is 7.23. The molecule has 2 aromatic rings. The smallest absolute Gasteiger partial charge is 0.111 e. The van der Waals surface area contributed by atoms with Crippen LogP contribution in [0.15, 0.2) is 23.1 Å². The summed E-state index contributed by atoms with van der Waals surface area (Å²) in [5, 5.41) is 0. The predicted octanol–water partition coefficient (Wildman–Crippen LogP) is 2.74. The molecule has 100 valence electrons. The van der Waals surface area contributed by atoms with Crippen LogP contribution in [0.5, 0.6) is 0 Å². The molecule has 1 fully saturated rings. The largest absolute Gasteiger partial charge is 0.327 e. The molecule has 0 radical (unpaired) electrons. The number of fused-ring (bicyclic) bond motifs is 3. The van der Waals surface area contributed by atoms with Crippen LogP contribution in [0.3, 0.4) is 0 Å². The lowest BCUT2D eigenvalue weighted by Crippen LogP contribution is -2.41. The van der Waals surface area contributed by atoms with Crippen LogP contribution >= 0.6 is 12.6 Å². The molecule has 0 saturated heterocycles. The van der Waals surface area contributed by atoms with E-state index in [1.54, 1.807) is 0 Å². The molecule has 1 saturated carbocycles. The molecule has 1 aliphatic heterocycles. The Hall–Kier alpha value is -1.00. The molecule has 0 atom stereocenters. The fraction of sp³-hybridized carbons (Fsp3) is 0.533. The Bertz CT molecular complexity index is 615. The van der Waals surface area contributed by atoms with Crippen molar-refractivity contribution < 1.29 is 0 Å². The Morgan fingerprint density at radius 2 is 2.05 bits per heavy atom. The molecule has 0 unspecified atom stereocenters. The molecule has 1 aliphatic carbocycles. The lowest BCUT2D eigenvalue weighted by molar-refractivity contribution is 0.130. The number of benzene rings is 1. The number of aromatic nitrogens is 2. The second kappa shape index (κ2) is 4.53. The van der Waals surface area contributed by atoms with Crippen LogP contribution in [0.1, 0.15) is 25.1 Å². The average Bonchev–Trinajstić information content (AvgIpc) is 2.54. The lowest BCUT2D eigenvalue weighted by atomic mass is 9.91. The molecule has 4 heteroatoms. The van der Waals surface area contributed by atoms with E-state index >= 15 is 0 Å². The lowest BCUT2D eigenvalue weighted by Gasteiger charge is -2.36. The zero-order valence-electron chi connectivity index (χ0n) is 11.0. The van der Waals surface area contributed by atoms with Gasteiger partial charge < -0.3 is 4.57 Å². The molecule has 0 N–H and O–H groups in total. The van der Waals surface area contributed by atoms with Gasteiger partial charge in [0.2, 0.25) is 0 Å². The molecular formula is C15H19N3S. The molecule has 2 aliphatic rings. The van der Waals surface area contributed by atoms with Crippen LogP contribution in [-0.4, -0.2) is 33.6 Å². The maximum absolute atomic E-state index is 4.80. The second-order valence-electron chi connectivity index (χ2n) is 5.72. The van der Waals surface area contributed by atoms with Gasteiger partial charge in [0.15, 0.2) is 0 Å². The van der Waals surface area contributed by atoms with Crippen molar-refractivity contribution in [3.63, 3.8) is 0 Å². The van der Waals surface area contributed by atoms with Gasteiger partial charge in [0, 0.05) is 37.0 Å². The van der Waals surface area contributed by atoms with Crippen molar-refractivity contribution in [1.29, 1.82) is 0 Å². The highest BCUT2D eigenvalue weighted by Gasteiger charge is 2.27. The minimum Gasteiger partial charge on any atom is -0.327 e. The van der Waals surface area contributed by atoms with E-state index in [1.807, 2.05) is 0 Å². The van der Waals surface area contributed by atoms with Crippen LogP contribution in [0.25, 0.3) is 11.0 Å². The van der Waals surface area contributed by atoms with Crippen LogP contribution < -0.4 is 0 Å². The fourth-order valence-electron chi connectivity index (χ4n) is 3.31. The normalized spacial score (nSPS) is 21.1. The van der Waals surface area contributed by atoms with Crippen LogP contribution in [0.2, 0.25) is 0 Å². The van der Waals surface area contributed by atoms with E-state index in [2.05, 4.69) is 40.3 Å². The van der Waals surface area contributed by atoms with E-state index in [9.17, 15) is 0 Å². The second-order valence-corrected chi connectivity index (χ2v) is 6.24. The summed E-state index contributed by atoms with van der Waals surface area (Å²) < 4.78 is 2.40. The first-order valence-corrected chi connectivity index (χ1v) is 7.68. The summed E-state index contributed by atoms with van der Waals surface area (Å²) in [4.78, 5) is 8.46. The topological polar surface area (TPSA) is 21.1 Å². The third-order valence-electron chi connectivity index (χ3n) is 4.64. The van der Waals surface area contributed by atoms with Crippen molar-refractivity contribution in [2.24, 2.45) is 0 Å². The van der Waals surface area contributed by atoms with Crippen molar-refractivity contribution in [3.05, 3.63) is 24.0 Å². The van der Waals surface area contributed by atoms with Gasteiger partial charge in [0.25, 0.3) is 0 Å². The van der Waals surface area contributed by atoms with Gasteiger partial charge in [0.1, 0.15) is 5.82 Å². The predicted molar refractivity (Wildman–Crippen MR) is 79.9 cm³/mol. The van der Waals surface area contributed by atoms with E-state index in [4.69, 9.17) is 4.98 Å². The molecule has 1 aromatic heterocycles. The zero-order chi connectivity index (χ0) is 12.8. The third kappa shape index (κ3) is 1.98. The zero-order valence-corrected chi connectivity index (χ0v) is 11.9. The van der Waals surface area contributed by atoms with Crippen LogP contribution in [0.4, 0.5) is 0 Å². The van der Waals surface area contributed by atoms with Gasteiger partial charge in [0.05, 0.1) is 11.0 Å². The number of rotatable bonds is 1. The van der Waals surface area contributed by atoms with Gasteiger partial charge >= 0.3 is 0 Å². The minimum atomic E-state index is 0.847. The van der Waals surface area contributed by atoms with Gasteiger partial charge in [-0.05, 0) is 31.0 Å². The number of hydrogen-bond acceptors (Lipinski definition) is 3. The number of hydrogen-bond donors (Lipinski definition) is 1. The molecule has 19 heavy (non-hydrogen) atoms. The Balaban J connectivity index is 1.66. The number of thiol groups is 1. The Kier molecular flexibility index (Phi) is 2.81. The molecule has 0 bridgehead atoms. The molecular weight excluding hydrogens is 254 g/mol. The first-order chi connectivity index (χ1) is 9.31. The maximum atomic E-state index is 4.80. The average molecular weight is 273 g/mol. The molecule has 3 nitrogen and oxygen atoms in total. The van der Waals surface area contributed by atoms with E-state index in [-0.39, 0.29) is 0 Å². The van der Waals surface area contributed by atoms with Gasteiger partial charge in [-0.15, -0.1) is 12.6 Å². The van der Waals surface area contributed by atoms with Crippen molar-refractivity contribution in [3.8, 4) is 0 Å². The van der Waals surface area contributed by atoms with Crippen molar-refractivity contribution in [1.82, 2.24) is 14.5 Å². The molecule has 0 amide bonds.